The molecule has 21 heavy (non-hydrogen) atoms. The number of nitrogens with one attached hydrogen (secondary N) is 1. The Balaban J connectivity index is 1.93. The minimum atomic E-state index is -0.149. The Bertz CT molecular complexity index is 487. The summed E-state index contributed by atoms with van der Waals surface area (Å²) < 4.78 is 5.32. The number of nitrogens with two attached hydrogens (primary N) is 1. The maximum atomic E-state index is 12.3. The minimum Gasteiger partial charge on any atom is -0.496 e. The number of thioether (sulfide) groups is 1. The highest BCUT2D eigenvalue weighted by molar-refractivity contribution is 8.00. The molecule has 1 aromatic carbocycles. The van der Waals surface area contributed by atoms with Crippen LogP contribution >= 0.6 is 11.8 Å². The van der Waals surface area contributed by atoms with Crippen molar-refractivity contribution in [2.45, 2.75) is 55.2 Å². The molecular weight excluding hydrogens is 284 g/mol. The molecule has 3 N–H and O–H groups in total. The number of methoxy groups -OCH3 is 1. The van der Waals surface area contributed by atoms with Crippen LogP contribution in [0.5, 0.6) is 5.75 Å². The van der Waals surface area contributed by atoms with Crippen LogP contribution in [0.4, 0.5) is 5.69 Å². The smallest absolute Gasteiger partial charge is 0.233 e. The maximum Gasteiger partial charge on any atom is 0.233 e. The number of ether oxygens (including phenoxy) is 1. The Morgan fingerprint density at radius 2 is 2.10 bits per heavy atom. The molecule has 1 atom stereocenters. The molecule has 1 saturated carbocycles. The topological polar surface area (TPSA) is 64.3 Å². The molecule has 0 aliphatic heterocycles. The summed E-state index contributed by atoms with van der Waals surface area (Å²) in [6.07, 6.45) is 5.94. The predicted octanol–water partition coefficient (Wildman–Crippen LogP) is 3.21. The SMILES string of the molecule is COc1cc(N)ccc1SC(C)C(=O)NC1CCCCC1. The van der Waals surface area contributed by atoms with Crippen LogP contribution in [0.1, 0.15) is 39.0 Å². The molecule has 1 aliphatic carbocycles. The lowest BCUT2D eigenvalue weighted by atomic mass is 9.95. The van der Waals surface area contributed by atoms with E-state index in [9.17, 15) is 4.79 Å². The van der Waals surface area contributed by atoms with Gasteiger partial charge in [-0.2, -0.15) is 0 Å². The van der Waals surface area contributed by atoms with Gasteiger partial charge in [-0.15, -0.1) is 11.8 Å². The van der Waals surface area contributed by atoms with Crippen molar-refractivity contribution >= 4 is 23.4 Å². The second kappa shape index (κ2) is 7.59. The van der Waals surface area contributed by atoms with Gasteiger partial charge in [0.05, 0.1) is 17.3 Å². The molecule has 1 amide bonds. The highest BCUT2D eigenvalue weighted by atomic mass is 32.2. The zero-order valence-corrected chi connectivity index (χ0v) is 13.5. The molecule has 0 radical (unpaired) electrons. The van der Waals surface area contributed by atoms with Crippen molar-refractivity contribution in [2.75, 3.05) is 12.8 Å². The monoisotopic (exact) mass is 308 g/mol. The molecule has 1 fully saturated rings. The number of amides is 1. The number of nitrogen functional groups attached to an aromatic ring is 1. The van der Waals surface area contributed by atoms with E-state index in [2.05, 4.69) is 5.32 Å². The molecule has 1 aromatic rings. The van der Waals surface area contributed by atoms with Gasteiger partial charge < -0.3 is 15.8 Å². The fourth-order valence-electron chi connectivity index (χ4n) is 2.59. The average Bonchev–Trinajstić information content (AvgIpc) is 2.49. The van der Waals surface area contributed by atoms with Crippen LogP contribution in [0, 0.1) is 0 Å². The molecule has 0 spiro atoms. The van der Waals surface area contributed by atoms with E-state index in [0.717, 1.165) is 23.5 Å². The van der Waals surface area contributed by atoms with Crippen molar-refractivity contribution < 1.29 is 9.53 Å². The summed E-state index contributed by atoms with van der Waals surface area (Å²) in [6, 6.07) is 5.87. The normalized spacial score (nSPS) is 17.2. The summed E-state index contributed by atoms with van der Waals surface area (Å²) in [5.41, 5.74) is 6.41. The van der Waals surface area contributed by atoms with Crippen molar-refractivity contribution in [3.63, 3.8) is 0 Å². The molecular formula is C16H24N2O2S. The lowest BCUT2D eigenvalue weighted by Crippen LogP contribution is -2.40. The van der Waals surface area contributed by atoms with E-state index in [1.54, 1.807) is 13.2 Å². The molecule has 1 unspecified atom stereocenters. The van der Waals surface area contributed by atoms with Crippen LogP contribution < -0.4 is 15.8 Å². The van der Waals surface area contributed by atoms with Gasteiger partial charge in [-0.1, -0.05) is 19.3 Å². The minimum absolute atomic E-state index is 0.103. The Morgan fingerprint density at radius 3 is 2.76 bits per heavy atom. The highest BCUT2D eigenvalue weighted by Crippen LogP contribution is 2.33. The van der Waals surface area contributed by atoms with Gasteiger partial charge in [0.25, 0.3) is 0 Å². The summed E-state index contributed by atoms with van der Waals surface area (Å²) in [7, 11) is 1.62. The first-order valence-electron chi connectivity index (χ1n) is 7.50. The quantitative estimate of drug-likeness (QED) is 0.647. The Hall–Kier alpha value is -1.36. The number of carbonyl (C=O) groups is 1. The summed E-state index contributed by atoms with van der Waals surface area (Å²) in [4.78, 5) is 13.2. The molecule has 1 aliphatic rings. The van der Waals surface area contributed by atoms with Crippen molar-refractivity contribution in [3.05, 3.63) is 18.2 Å². The number of anilines is 1. The standard InChI is InChI=1S/C16H24N2O2S/c1-11(16(19)18-13-6-4-3-5-7-13)21-15-9-8-12(17)10-14(15)20-2/h8-11,13H,3-7,17H2,1-2H3,(H,18,19). The van der Waals surface area contributed by atoms with E-state index in [1.165, 1.54) is 31.0 Å². The first kappa shape index (κ1) is 16.0. The second-order valence-corrected chi connectivity index (χ2v) is 6.90. The van der Waals surface area contributed by atoms with Crippen molar-refractivity contribution in [1.29, 1.82) is 0 Å². The van der Waals surface area contributed by atoms with Gasteiger partial charge in [-0.25, -0.2) is 0 Å². The van der Waals surface area contributed by atoms with Crippen LogP contribution in [-0.2, 0) is 4.79 Å². The first-order valence-corrected chi connectivity index (χ1v) is 8.38. The third kappa shape index (κ3) is 4.56. The fourth-order valence-corrected chi connectivity index (χ4v) is 3.55. The van der Waals surface area contributed by atoms with E-state index < -0.39 is 0 Å². The van der Waals surface area contributed by atoms with Gasteiger partial charge in [-0.3, -0.25) is 4.79 Å². The second-order valence-electron chi connectivity index (χ2n) is 5.51. The summed E-state index contributed by atoms with van der Waals surface area (Å²) in [6.45, 7) is 1.93. The Labute approximate surface area is 130 Å². The van der Waals surface area contributed by atoms with E-state index in [1.807, 2.05) is 19.1 Å². The van der Waals surface area contributed by atoms with Crippen LogP contribution in [0.2, 0.25) is 0 Å². The van der Waals surface area contributed by atoms with Gasteiger partial charge >= 0.3 is 0 Å². The summed E-state index contributed by atoms with van der Waals surface area (Å²) >= 11 is 1.51. The first-order chi connectivity index (χ1) is 10.1. The van der Waals surface area contributed by atoms with E-state index >= 15 is 0 Å². The molecule has 2 rings (SSSR count). The third-order valence-corrected chi connectivity index (χ3v) is 4.97. The van der Waals surface area contributed by atoms with E-state index in [4.69, 9.17) is 10.5 Å². The Morgan fingerprint density at radius 1 is 1.38 bits per heavy atom. The molecule has 0 bridgehead atoms. The summed E-state index contributed by atoms with van der Waals surface area (Å²) in [5.74, 6) is 0.822. The van der Waals surface area contributed by atoms with Gasteiger partial charge in [0.1, 0.15) is 5.75 Å². The molecule has 0 heterocycles. The van der Waals surface area contributed by atoms with E-state index in [-0.39, 0.29) is 11.2 Å². The number of hydrogen-bond donors (Lipinski definition) is 2. The molecule has 116 valence electrons. The zero-order valence-electron chi connectivity index (χ0n) is 12.7. The molecule has 0 saturated heterocycles. The van der Waals surface area contributed by atoms with Crippen molar-refractivity contribution in [2.24, 2.45) is 0 Å². The lowest BCUT2D eigenvalue weighted by Gasteiger charge is -2.24. The molecule has 4 nitrogen and oxygen atoms in total. The third-order valence-electron chi connectivity index (χ3n) is 3.81. The number of carbonyl (C=O) groups excluding carboxylic acids is 1. The molecule has 5 heteroatoms. The number of benzene rings is 1. The fraction of sp³-hybridized carbons (Fsp3) is 0.562. The number of rotatable bonds is 5. The average molecular weight is 308 g/mol. The zero-order chi connectivity index (χ0) is 15.2. The van der Waals surface area contributed by atoms with Crippen molar-refractivity contribution in [3.8, 4) is 5.75 Å². The molecule has 0 aromatic heterocycles. The van der Waals surface area contributed by atoms with Crippen LogP contribution in [0.25, 0.3) is 0 Å². The van der Waals surface area contributed by atoms with Crippen LogP contribution in [-0.4, -0.2) is 24.3 Å². The van der Waals surface area contributed by atoms with Gasteiger partial charge in [0, 0.05) is 17.8 Å². The van der Waals surface area contributed by atoms with Crippen LogP contribution in [0.15, 0.2) is 23.1 Å². The van der Waals surface area contributed by atoms with Gasteiger partial charge in [0.2, 0.25) is 5.91 Å². The van der Waals surface area contributed by atoms with Crippen molar-refractivity contribution in [1.82, 2.24) is 5.32 Å². The Kier molecular flexibility index (Phi) is 5.79. The van der Waals surface area contributed by atoms with E-state index in [0.29, 0.717) is 11.7 Å². The largest absolute Gasteiger partial charge is 0.496 e. The van der Waals surface area contributed by atoms with Gasteiger partial charge in [0.15, 0.2) is 0 Å². The maximum absolute atomic E-state index is 12.3. The number of hydrogen-bond acceptors (Lipinski definition) is 4. The highest BCUT2D eigenvalue weighted by Gasteiger charge is 2.21. The predicted molar refractivity (Wildman–Crippen MR) is 87.7 cm³/mol. The summed E-state index contributed by atoms with van der Waals surface area (Å²) in [5, 5.41) is 3.01. The lowest BCUT2D eigenvalue weighted by molar-refractivity contribution is -0.121. The van der Waals surface area contributed by atoms with Crippen LogP contribution in [0.3, 0.4) is 0 Å². The van der Waals surface area contributed by atoms with Gasteiger partial charge in [-0.05, 0) is 31.9 Å².